The first-order chi connectivity index (χ1) is 16.2. The number of amides is 1. The molecule has 0 atom stereocenters. The Morgan fingerprint density at radius 2 is 1.94 bits per heavy atom. The summed E-state index contributed by atoms with van der Waals surface area (Å²) in [7, 11) is 0. The Morgan fingerprint density at radius 3 is 2.68 bits per heavy atom. The largest absolute Gasteiger partial charge is 0.573 e. The van der Waals surface area contributed by atoms with Gasteiger partial charge >= 0.3 is 6.36 Å². The standard InChI is InChI=1S/C22H14ClF3N6O2/c1-11-29-19(16-10-28-21(33)20(16)30-11)17-8-18(32(31-17)14-3-2-4-27-9-14)12-5-13(23)7-15(6-12)34-22(24,25)26/h2-9H,10H2,1H3,(H,28,33). The first-order valence-electron chi connectivity index (χ1n) is 9.91. The summed E-state index contributed by atoms with van der Waals surface area (Å²) < 4.78 is 44.1. The Balaban J connectivity index is 1.71. The predicted molar refractivity (Wildman–Crippen MR) is 115 cm³/mol. The second-order valence-corrected chi connectivity index (χ2v) is 7.83. The Kier molecular flexibility index (Phi) is 5.20. The summed E-state index contributed by atoms with van der Waals surface area (Å²) in [5, 5.41) is 7.41. The maximum atomic E-state index is 12.8. The lowest BCUT2D eigenvalue weighted by Crippen LogP contribution is -2.17. The van der Waals surface area contributed by atoms with Crippen LogP contribution >= 0.6 is 11.6 Å². The molecule has 0 radical (unpaired) electrons. The number of fused-ring (bicyclic) bond motifs is 1. The van der Waals surface area contributed by atoms with E-state index in [-0.39, 0.29) is 23.2 Å². The minimum atomic E-state index is -4.88. The second kappa shape index (κ2) is 8.10. The van der Waals surface area contributed by atoms with Crippen molar-refractivity contribution >= 4 is 17.5 Å². The van der Waals surface area contributed by atoms with Crippen LogP contribution in [0.25, 0.3) is 28.3 Å². The van der Waals surface area contributed by atoms with Crippen LogP contribution < -0.4 is 10.1 Å². The number of ether oxygens (including phenoxy) is 1. The number of pyridine rings is 1. The zero-order valence-electron chi connectivity index (χ0n) is 17.4. The SMILES string of the molecule is Cc1nc2c(c(-c3cc(-c4cc(Cl)cc(OC(F)(F)F)c4)n(-c4cccnc4)n3)n1)CNC2=O. The molecule has 3 aromatic heterocycles. The summed E-state index contributed by atoms with van der Waals surface area (Å²) in [5.74, 6) is -0.395. The van der Waals surface area contributed by atoms with Gasteiger partial charge in [0.25, 0.3) is 5.91 Å². The molecule has 12 heteroatoms. The van der Waals surface area contributed by atoms with Gasteiger partial charge in [-0.15, -0.1) is 13.2 Å². The summed E-state index contributed by atoms with van der Waals surface area (Å²) in [6.07, 6.45) is -1.74. The van der Waals surface area contributed by atoms with E-state index < -0.39 is 12.1 Å². The Hall–Kier alpha value is -3.99. The average Bonchev–Trinajstić information content (AvgIpc) is 3.37. The van der Waals surface area contributed by atoms with E-state index in [4.69, 9.17) is 11.6 Å². The number of halogens is 4. The number of hydrogen-bond donors (Lipinski definition) is 1. The third-order valence-corrected chi connectivity index (χ3v) is 5.22. The van der Waals surface area contributed by atoms with E-state index >= 15 is 0 Å². The van der Waals surface area contributed by atoms with Crippen LogP contribution in [0.1, 0.15) is 21.9 Å². The number of rotatable bonds is 4. The van der Waals surface area contributed by atoms with Crippen molar-refractivity contribution in [3.05, 3.63) is 70.9 Å². The van der Waals surface area contributed by atoms with Crippen LogP contribution in [-0.4, -0.2) is 37.0 Å². The zero-order chi connectivity index (χ0) is 24.0. The normalized spacial score (nSPS) is 13.0. The van der Waals surface area contributed by atoms with Crippen LogP contribution in [0.4, 0.5) is 13.2 Å². The number of carbonyl (C=O) groups is 1. The van der Waals surface area contributed by atoms with E-state index in [1.165, 1.54) is 16.8 Å². The number of hydrogen-bond acceptors (Lipinski definition) is 6. The van der Waals surface area contributed by atoms with E-state index in [1.807, 2.05) is 0 Å². The fourth-order valence-electron chi connectivity index (χ4n) is 3.70. The van der Waals surface area contributed by atoms with Gasteiger partial charge in [-0.3, -0.25) is 9.78 Å². The van der Waals surface area contributed by atoms with Crippen molar-refractivity contribution in [2.24, 2.45) is 0 Å². The molecule has 172 valence electrons. The lowest BCUT2D eigenvalue weighted by atomic mass is 10.1. The van der Waals surface area contributed by atoms with Crippen LogP contribution in [-0.2, 0) is 6.54 Å². The highest BCUT2D eigenvalue weighted by atomic mass is 35.5. The van der Waals surface area contributed by atoms with Crippen LogP contribution in [0.2, 0.25) is 5.02 Å². The van der Waals surface area contributed by atoms with Crippen LogP contribution in [0, 0.1) is 6.92 Å². The molecule has 1 amide bonds. The summed E-state index contributed by atoms with van der Waals surface area (Å²) in [6, 6.07) is 8.88. The molecule has 1 aliphatic rings. The number of carbonyl (C=O) groups excluding carboxylic acids is 1. The van der Waals surface area contributed by atoms with Gasteiger partial charge in [0.1, 0.15) is 28.7 Å². The smallest absolute Gasteiger partial charge is 0.406 e. The summed E-state index contributed by atoms with van der Waals surface area (Å²) in [6.45, 7) is 1.89. The molecule has 0 saturated heterocycles. The Labute approximate surface area is 195 Å². The summed E-state index contributed by atoms with van der Waals surface area (Å²) in [4.78, 5) is 24.9. The number of aromatic nitrogens is 5. The van der Waals surface area contributed by atoms with E-state index in [0.29, 0.717) is 39.7 Å². The number of nitrogens with zero attached hydrogens (tertiary/aromatic N) is 5. The minimum Gasteiger partial charge on any atom is -0.406 e. The van der Waals surface area contributed by atoms with E-state index in [0.717, 1.165) is 6.07 Å². The Bertz CT molecular complexity index is 1420. The molecule has 34 heavy (non-hydrogen) atoms. The molecule has 0 spiro atoms. The molecule has 5 rings (SSSR count). The number of alkyl halides is 3. The van der Waals surface area contributed by atoms with Gasteiger partial charge in [0.15, 0.2) is 0 Å². The zero-order valence-corrected chi connectivity index (χ0v) is 18.1. The van der Waals surface area contributed by atoms with Crippen molar-refractivity contribution in [3.63, 3.8) is 0 Å². The molecule has 0 aliphatic carbocycles. The third kappa shape index (κ3) is 4.17. The lowest BCUT2D eigenvalue weighted by Gasteiger charge is -2.12. The molecule has 8 nitrogen and oxygen atoms in total. The quantitative estimate of drug-likeness (QED) is 0.456. The molecule has 0 bridgehead atoms. The minimum absolute atomic E-state index is 0.0470. The highest BCUT2D eigenvalue weighted by Gasteiger charge is 2.32. The molecule has 1 N–H and O–H groups in total. The van der Waals surface area contributed by atoms with Gasteiger partial charge < -0.3 is 10.1 Å². The van der Waals surface area contributed by atoms with Crippen LogP contribution in [0.15, 0.2) is 48.8 Å². The molecular weight excluding hydrogens is 473 g/mol. The summed E-state index contributed by atoms with van der Waals surface area (Å²) in [5.41, 5.74) is 2.99. The molecule has 4 aromatic rings. The number of benzene rings is 1. The Morgan fingerprint density at radius 1 is 1.15 bits per heavy atom. The van der Waals surface area contributed by atoms with Crippen molar-refractivity contribution in [2.75, 3.05) is 0 Å². The van der Waals surface area contributed by atoms with Gasteiger partial charge in [-0.2, -0.15) is 5.10 Å². The second-order valence-electron chi connectivity index (χ2n) is 7.39. The van der Waals surface area contributed by atoms with E-state index in [1.54, 1.807) is 37.5 Å². The predicted octanol–water partition coefficient (Wildman–Crippen LogP) is 4.50. The third-order valence-electron chi connectivity index (χ3n) is 5.00. The number of aryl methyl sites for hydroxylation is 1. The topological polar surface area (TPSA) is 94.8 Å². The first kappa shape index (κ1) is 21.8. The fourth-order valence-corrected chi connectivity index (χ4v) is 3.92. The van der Waals surface area contributed by atoms with Gasteiger partial charge in [-0.1, -0.05) is 11.6 Å². The van der Waals surface area contributed by atoms with Crippen molar-refractivity contribution in [2.45, 2.75) is 19.8 Å². The molecule has 4 heterocycles. The van der Waals surface area contributed by atoms with Crippen molar-refractivity contribution in [1.29, 1.82) is 0 Å². The van der Waals surface area contributed by atoms with Crippen molar-refractivity contribution in [1.82, 2.24) is 30.0 Å². The molecule has 1 aliphatic heterocycles. The number of nitrogens with one attached hydrogen (secondary N) is 1. The molecule has 0 fully saturated rings. The highest BCUT2D eigenvalue weighted by molar-refractivity contribution is 6.31. The molecule has 1 aromatic carbocycles. The van der Waals surface area contributed by atoms with E-state index in [2.05, 4.69) is 30.1 Å². The van der Waals surface area contributed by atoms with Gasteiger partial charge in [0.2, 0.25) is 0 Å². The summed E-state index contributed by atoms with van der Waals surface area (Å²) >= 11 is 6.11. The maximum absolute atomic E-state index is 12.8. The van der Waals surface area contributed by atoms with Crippen LogP contribution in [0.3, 0.4) is 0 Å². The lowest BCUT2D eigenvalue weighted by molar-refractivity contribution is -0.274. The molecule has 0 saturated carbocycles. The molecular formula is C22H14ClF3N6O2. The first-order valence-corrected chi connectivity index (χ1v) is 10.3. The van der Waals surface area contributed by atoms with Crippen molar-refractivity contribution < 1.29 is 22.7 Å². The van der Waals surface area contributed by atoms with E-state index in [9.17, 15) is 18.0 Å². The highest BCUT2D eigenvalue weighted by Crippen LogP contribution is 2.35. The average molecular weight is 487 g/mol. The fraction of sp³-hybridized carbons (Fsp3) is 0.136. The van der Waals surface area contributed by atoms with Gasteiger partial charge in [0, 0.05) is 28.9 Å². The monoisotopic (exact) mass is 486 g/mol. The molecule has 0 unspecified atom stereocenters. The van der Waals surface area contributed by atoms with Crippen LogP contribution in [0.5, 0.6) is 5.75 Å². The van der Waals surface area contributed by atoms with Gasteiger partial charge in [-0.25, -0.2) is 14.6 Å². The van der Waals surface area contributed by atoms with Gasteiger partial charge in [0.05, 0.1) is 17.6 Å². The van der Waals surface area contributed by atoms with Gasteiger partial charge in [-0.05, 0) is 43.3 Å². The van der Waals surface area contributed by atoms with Crippen molar-refractivity contribution in [3.8, 4) is 34.1 Å². The maximum Gasteiger partial charge on any atom is 0.573 e.